The van der Waals surface area contributed by atoms with Crippen molar-refractivity contribution >= 4 is 0 Å². The van der Waals surface area contributed by atoms with E-state index in [1.807, 2.05) is 5.57 Å². The van der Waals surface area contributed by atoms with Crippen molar-refractivity contribution in [3.8, 4) is 0 Å². The summed E-state index contributed by atoms with van der Waals surface area (Å²) in [6, 6.07) is 0. The zero-order chi connectivity index (χ0) is 8.93. The van der Waals surface area contributed by atoms with Crippen molar-refractivity contribution in [1.82, 2.24) is 0 Å². The first-order valence-corrected chi connectivity index (χ1v) is 6.16. The lowest BCUT2D eigenvalue weighted by atomic mass is 9.89. The molecule has 0 bridgehead atoms. The predicted octanol–water partition coefficient (Wildman–Crippen LogP) is 4.57. The van der Waals surface area contributed by atoms with Crippen molar-refractivity contribution in [1.29, 1.82) is 0 Å². The molecule has 0 nitrogen and oxygen atoms in total. The third kappa shape index (κ3) is 2.59. The molecule has 0 saturated heterocycles. The van der Waals surface area contributed by atoms with Gasteiger partial charge in [-0.2, -0.15) is 0 Å². The van der Waals surface area contributed by atoms with E-state index < -0.39 is 0 Å². The van der Waals surface area contributed by atoms with Crippen LogP contribution in [0.15, 0.2) is 11.6 Å². The van der Waals surface area contributed by atoms with Crippen LogP contribution in [-0.2, 0) is 0 Å². The van der Waals surface area contributed by atoms with Crippen molar-refractivity contribution in [2.75, 3.05) is 0 Å². The molecule has 1 fully saturated rings. The standard InChI is InChI=1S/C13H22/c1-2-4-8-12(9-5-3-1)13-10-6-7-11-13/h8,13H,1-7,9-11H2/p+1. The van der Waals surface area contributed by atoms with E-state index >= 15 is 0 Å². The van der Waals surface area contributed by atoms with Crippen LogP contribution in [0.3, 0.4) is 0 Å². The first-order valence-electron chi connectivity index (χ1n) is 6.16. The molecule has 0 aliphatic heterocycles. The summed E-state index contributed by atoms with van der Waals surface area (Å²) in [5.74, 6) is 0.998. The Balaban J connectivity index is 0.000000980. The number of rotatable bonds is 1. The Kier molecular flexibility index (Phi) is 3.46. The summed E-state index contributed by atoms with van der Waals surface area (Å²) in [6.07, 6.45) is 17.2. The Morgan fingerprint density at radius 2 is 1.69 bits per heavy atom. The summed E-state index contributed by atoms with van der Waals surface area (Å²) < 4.78 is 0. The monoisotopic (exact) mass is 179 g/mol. The molecule has 13 heavy (non-hydrogen) atoms. The van der Waals surface area contributed by atoms with E-state index in [9.17, 15) is 0 Å². The van der Waals surface area contributed by atoms with Crippen LogP contribution >= 0.6 is 0 Å². The third-order valence-electron chi connectivity index (χ3n) is 3.71. The minimum Gasteiger partial charge on any atom is -0.0851 e. The highest BCUT2D eigenvalue weighted by Gasteiger charge is 2.18. The zero-order valence-corrected chi connectivity index (χ0v) is 8.73. The fourth-order valence-electron chi connectivity index (χ4n) is 2.88. The van der Waals surface area contributed by atoms with Crippen molar-refractivity contribution in [3.05, 3.63) is 11.6 Å². The summed E-state index contributed by atoms with van der Waals surface area (Å²) in [5, 5.41) is 0. The molecule has 0 heterocycles. The first-order chi connectivity index (χ1) is 6.47. The van der Waals surface area contributed by atoms with Gasteiger partial charge in [-0.3, -0.25) is 0 Å². The number of allylic oxidation sites excluding steroid dienone is 2. The fraction of sp³-hybridized carbons (Fsp3) is 0.846. The lowest BCUT2D eigenvalue weighted by molar-refractivity contribution is 0.553. The van der Waals surface area contributed by atoms with Crippen LogP contribution < -0.4 is 0 Å². The van der Waals surface area contributed by atoms with Crippen molar-refractivity contribution in [2.45, 2.75) is 64.2 Å². The zero-order valence-electron chi connectivity index (χ0n) is 9.73. The van der Waals surface area contributed by atoms with Gasteiger partial charge in [0, 0.05) is 0 Å². The molecule has 2 aliphatic rings. The highest BCUT2D eigenvalue weighted by atomic mass is 14.2. The van der Waals surface area contributed by atoms with E-state index in [1.54, 1.807) is 0 Å². The molecule has 2 rings (SSSR count). The van der Waals surface area contributed by atoms with Gasteiger partial charge in [-0.05, 0) is 44.4 Å². The van der Waals surface area contributed by atoms with Gasteiger partial charge in [0.05, 0.1) is 0 Å². The van der Waals surface area contributed by atoms with Gasteiger partial charge in [0.2, 0.25) is 0 Å². The summed E-state index contributed by atoms with van der Waals surface area (Å²) in [6.45, 7) is 0. The smallest absolute Gasteiger partial charge is 0.0851 e. The van der Waals surface area contributed by atoms with E-state index in [0.717, 1.165) is 5.92 Å². The number of hydrogen-bond acceptors (Lipinski definition) is 0. The predicted molar refractivity (Wildman–Crippen MR) is 58.9 cm³/mol. The van der Waals surface area contributed by atoms with Gasteiger partial charge in [0.1, 0.15) is 0 Å². The molecule has 0 atom stereocenters. The molecule has 0 N–H and O–H groups in total. The van der Waals surface area contributed by atoms with Crippen molar-refractivity contribution in [2.24, 2.45) is 5.92 Å². The van der Waals surface area contributed by atoms with E-state index in [0.29, 0.717) is 0 Å². The molecular weight excluding hydrogens is 156 g/mol. The topological polar surface area (TPSA) is 0 Å². The van der Waals surface area contributed by atoms with E-state index in [-0.39, 0.29) is 1.43 Å². The minimum atomic E-state index is 0. The fourth-order valence-corrected chi connectivity index (χ4v) is 2.88. The van der Waals surface area contributed by atoms with Gasteiger partial charge < -0.3 is 0 Å². The Morgan fingerprint density at radius 3 is 2.54 bits per heavy atom. The summed E-state index contributed by atoms with van der Waals surface area (Å²) in [7, 11) is 0. The third-order valence-corrected chi connectivity index (χ3v) is 3.71. The van der Waals surface area contributed by atoms with E-state index in [2.05, 4.69) is 6.08 Å². The second-order valence-electron chi connectivity index (χ2n) is 4.71. The minimum absolute atomic E-state index is 0. The molecule has 0 heteroatoms. The van der Waals surface area contributed by atoms with Crippen LogP contribution in [0.1, 0.15) is 65.6 Å². The maximum Gasteiger partial charge on any atom is 1.00 e. The molecule has 74 valence electrons. The van der Waals surface area contributed by atoms with Crippen LogP contribution in [0.4, 0.5) is 0 Å². The molecule has 0 radical (unpaired) electrons. The van der Waals surface area contributed by atoms with Gasteiger partial charge in [-0.15, -0.1) is 0 Å². The summed E-state index contributed by atoms with van der Waals surface area (Å²) in [5.41, 5.74) is 1.83. The van der Waals surface area contributed by atoms with Gasteiger partial charge in [-0.1, -0.05) is 37.3 Å². The van der Waals surface area contributed by atoms with Crippen LogP contribution in [0.25, 0.3) is 0 Å². The van der Waals surface area contributed by atoms with Gasteiger partial charge in [-0.25, -0.2) is 0 Å². The second kappa shape index (κ2) is 4.83. The normalized spacial score (nSPS) is 26.6. The highest BCUT2D eigenvalue weighted by Crippen LogP contribution is 2.34. The quantitative estimate of drug-likeness (QED) is 0.517. The van der Waals surface area contributed by atoms with Crippen LogP contribution in [0, 0.1) is 5.92 Å². The maximum atomic E-state index is 2.58. The van der Waals surface area contributed by atoms with Crippen molar-refractivity contribution in [3.63, 3.8) is 0 Å². The molecular formula is C13H23+. The van der Waals surface area contributed by atoms with Gasteiger partial charge >= 0.3 is 1.43 Å². The molecule has 0 spiro atoms. The lowest BCUT2D eigenvalue weighted by Gasteiger charge is -2.16. The summed E-state index contributed by atoms with van der Waals surface area (Å²) in [4.78, 5) is 0. The number of hydrogen-bond donors (Lipinski definition) is 0. The van der Waals surface area contributed by atoms with Crippen LogP contribution in [0.2, 0.25) is 0 Å². The molecule has 0 aromatic heterocycles. The Labute approximate surface area is 83.9 Å². The SMILES string of the molecule is C1=C(C2CCCC2)CCCCCC1.[H+]. The van der Waals surface area contributed by atoms with E-state index in [4.69, 9.17) is 0 Å². The lowest BCUT2D eigenvalue weighted by Crippen LogP contribution is -2.00. The molecule has 0 amide bonds. The molecule has 0 unspecified atom stereocenters. The van der Waals surface area contributed by atoms with Crippen LogP contribution in [-0.4, -0.2) is 0 Å². The average molecular weight is 179 g/mol. The second-order valence-corrected chi connectivity index (χ2v) is 4.71. The Morgan fingerprint density at radius 1 is 0.923 bits per heavy atom. The van der Waals surface area contributed by atoms with Gasteiger partial charge in [0.15, 0.2) is 0 Å². The maximum absolute atomic E-state index is 2.58. The Bertz CT molecular complexity index is 178. The summed E-state index contributed by atoms with van der Waals surface area (Å²) >= 11 is 0. The molecule has 2 aliphatic carbocycles. The highest BCUT2D eigenvalue weighted by molar-refractivity contribution is 5.08. The first kappa shape index (κ1) is 9.30. The van der Waals surface area contributed by atoms with Crippen molar-refractivity contribution < 1.29 is 1.43 Å². The molecule has 1 saturated carbocycles. The van der Waals surface area contributed by atoms with Crippen LogP contribution in [0.5, 0.6) is 0 Å². The van der Waals surface area contributed by atoms with Gasteiger partial charge in [0.25, 0.3) is 0 Å². The average Bonchev–Trinajstić information content (AvgIpc) is 2.55. The largest absolute Gasteiger partial charge is 1.00 e. The van der Waals surface area contributed by atoms with E-state index in [1.165, 1.54) is 64.2 Å². The molecule has 0 aromatic rings. The Hall–Kier alpha value is -0.260. The molecule has 0 aromatic carbocycles.